The van der Waals surface area contributed by atoms with E-state index in [1.165, 1.54) is 36.4 Å². The molecule has 8 aromatic carbocycles. The first-order chi connectivity index (χ1) is 27.6. The number of alkyl halides is 6. The molecule has 10 rings (SSSR count). The van der Waals surface area contributed by atoms with E-state index < -0.39 is 40.1 Å². The van der Waals surface area contributed by atoms with Gasteiger partial charge in [-0.1, -0.05) is 111 Å². The fraction of sp³-hybridized carbons (Fsp3) is 0.120. The summed E-state index contributed by atoms with van der Waals surface area (Å²) in [5.41, 5.74) is -2.28. The molecule has 0 amide bonds. The number of benzene rings is 8. The van der Waals surface area contributed by atoms with Crippen LogP contribution in [-0.2, 0) is 10.8 Å². The minimum Gasteiger partial charge on any atom is -0.206 e. The van der Waals surface area contributed by atoms with Gasteiger partial charge in [0.2, 0.25) is 5.41 Å². The first-order valence-electron chi connectivity index (χ1n) is 18.7. The van der Waals surface area contributed by atoms with Gasteiger partial charge in [-0.2, -0.15) is 26.3 Å². The fourth-order valence-electron chi connectivity index (χ4n) is 9.39. The molecule has 286 valence electrons. The summed E-state index contributed by atoms with van der Waals surface area (Å²) in [7, 11) is 0. The first-order valence-corrected chi connectivity index (χ1v) is 18.7. The summed E-state index contributed by atoms with van der Waals surface area (Å²) in [6.07, 6.45) is -11.6. The largest absolute Gasteiger partial charge is 0.411 e. The number of fused-ring (bicyclic) bond motifs is 8. The molecule has 0 saturated heterocycles. The fourth-order valence-corrected chi connectivity index (χ4v) is 9.39. The van der Waals surface area contributed by atoms with E-state index in [4.69, 9.17) is 0 Å². The molecule has 0 unspecified atom stereocenters. The van der Waals surface area contributed by atoms with Crippen LogP contribution in [0, 0.1) is 11.6 Å². The Balaban J connectivity index is 1.08. The van der Waals surface area contributed by atoms with Crippen LogP contribution in [0.15, 0.2) is 146 Å². The average molecular weight is 783 g/mol. The maximum Gasteiger partial charge on any atom is 0.411 e. The van der Waals surface area contributed by atoms with Crippen LogP contribution in [0.25, 0.3) is 77.2 Å². The lowest BCUT2D eigenvalue weighted by molar-refractivity contribution is -0.287. The summed E-state index contributed by atoms with van der Waals surface area (Å²) < 4.78 is 124. The van der Waals surface area contributed by atoms with Gasteiger partial charge in [0.05, 0.1) is 0 Å². The third-order valence-electron chi connectivity index (χ3n) is 12.3. The van der Waals surface area contributed by atoms with Gasteiger partial charge in [0, 0.05) is 16.5 Å². The van der Waals surface area contributed by atoms with Gasteiger partial charge in [-0.05, 0) is 137 Å². The Morgan fingerprint density at radius 2 is 0.655 bits per heavy atom. The molecule has 8 aromatic rings. The van der Waals surface area contributed by atoms with E-state index in [1.807, 2.05) is 74.5 Å². The minimum atomic E-state index is -5.81. The number of hydrogen-bond donors (Lipinski definition) is 0. The van der Waals surface area contributed by atoms with Gasteiger partial charge in [0.25, 0.3) is 0 Å². The van der Waals surface area contributed by atoms with E-state index in [2.05, 4.69) is 0 Å². The molecule has 0 spiro atoms. The Morgan fingerprint density at radius 1 is 0.345 bits per heavy atom. The topological polar surface area (TPSA) is 0 Å². The third kappa shape index (κ3) is 4.99. The minimum absolute atomic E-state index is 0.0974. The molecule has 58 heavy (non-hydrogen) atoms. The molecule has 0 nitrogen and oxygen atoms in total. The second-order valence-electron chi connectivity index (χ2n) is 15.8. The van der Waals surface area contributed by atoms with Gasteiger partial charge in [-0.3, -0.25) is 0 Å². The zero-order chi connectivity index (χ0) is 40.5. The standard InChI is InChI=1S/C50H30F8/c1-47(2)41-21-31(11-15-35(41)36-17-13-33(23-42(36)47)39-19-27-7-3-5-9-29(27)25-45(39)51)32-12-16-37-38-18-14-34(40-20-28-8-4-6-10-30(28)26-46(40)52)24-44(38)48(43(37)22-32,49(53,54)55)50(56,57)58/h3-26H,1-2H3. The Labute approximate surface area is 328 Å². The quantitative estimate of drug-likeness (QED) is 0.157. The number of hydrogen-bond acceptors (Lipinski definition) is 0. The molecule has 2 aliphatic carbocycles. The molecule has 0 saturated carbocycles. The van der Waals surface area contributed by atoms with E-state index >= 15 is 35.1 Å². The first kappa shape index (κ1) is 36.1. The molecular formula is C50H30F8. The van der Waals surface area contributed by atoms with Crippen LogP contribution in [0.3, 0.4) is 0 Å². The van der Waals surface area contributed by atoms with Crippen LogP contribution < -0.4 is 0 Å². The summed E-state index contributed by atoms with van der Waals surface area (Å²) >= 11 is 0. The van der Waals surface area contributed by atoms with Crippen LogP contribution in [0.2, 0.25) is 0 Å². The predicted octanol–water partition coefficient (Wildman–Crippen LogP) is 15.0. The summed E-state index contributed by atoms with van der Waals surface area (Å²) in [5, 5.41) is 2.81. The van der Waals surface area contributed by atoms with Crippen molar-refractivity contribution in [3.8, 4) is 55.6 Å². The van der Waals surface area contributed by atoms with Crippen LogP contribution in [0.1, 0.15) is 36.1 Å². The highest BCUT2D eigenvalue weighted by molar-refractivity contribution is 5.93. The van der Waals surface area contributed by atoms with Crippen molar-refractivity contribution < 1.29 is 35.1 Å². The smallest absolute Gasteiger partial charge is 0.206 e. The molecule has 2 aliphatic rings. The van der Waals surface area contributed by atoms with E-state index in [-0.39, 0.29) is 33.6 Å². The van der Waals surface area contributed by atoms with Gasteiger partial charge in [-0.25, -0.2) is 8.78 Å². The third-order valence-corrected chi connectivity index (χ3v) is 12.3. The van der Waals surface area contributed by atoms with Crippen LogP contribution in [0.5, 0.6) is 0 Å². The van der Waals surface area contributed by atoms with Gasteiger partial charge in [0.1, 0.15) is 11.6 Å². The van der Waals surface area contributed by atoms with Crippen molar-refractivity contribution in [2.24, 2.45) is 0 Å². The van der Waals surface area contributed by atoms with Gasteiger partial charge in [0.15, 0.2) is 0 Å². The molecule has 0 fully saturated rings. The Morgan fingerprint density at radius 3 is 1.05 bits per heavy atom. The van der Waals surface area contributed by atoms with Crippen molar-refractivity contribution in [1.82, 2.24) is 0 Å². The molecular weight excluding hydrogens is 753 g/mol. The molecule has 0 N–H and O–H groups in total. The van der Waals surface area contributed by atoms with Crippen LogP contribution in [0.4, 0.5) is 35.1 Å². The molecule has 0 heterocycles. The van der Waals surface area contributed by atoms with Crippen LogP contribution >= 0.6 is 0 Å². The number of halogens is 8. The highest BCUT2D eigenvalue weighted by atomic mass is 19.4. The Kier molecular flexibility index (Phi) is 7.54. The van der Waals surface area contributed by atoms with Gasteiger partial charge < -0.3 is 0 Å². The molecule has 8 heteroatoms. The van der Waals surface area contributed by atoms with Crippen molar-refractivity contribution >= 4 is 21.5 Å². The Bertz CT molecular complexity index is 3030. The highest BCUT2D eigenvalue weighted by Crippen LogP contribution is 2.64. The second-order valence-corrected chi connectivity index (χ2v) is 15.8. The molecule has 0 radical (unpaired) electrons. The van der Waals surface area contributed by atoms with E-state index in [0.29, 0.717) is 27.5 Å². The van der Waals surface area contributed by atoms with Gasteiger partial charge in [-0.15, -0.1) is 0 Å². The van der Waals surface area contributed by atoms with E-state index in [0.717, 1.165) is 45.2 Å². The summed E-state index contributed by atoms with van der Waals surface area (Å²) in [4.78, 5) is 0. The Hall–Kier alpha value is -6.28. The lowest BCUT2D eigenvalue weighted by Gasteiger charge is -2.36. The maximum absolute atomic E-state index is 15.5. The number of rotatable bonds is 3. The lowest BCUT2D eigenvalue weighted by Crippen LogP contribution is -2.53. The van der Waals surface area contributed by atoms with Crippen molar-refractivity contribution in [3.63, 3.8) is 0 Å². The molecule has 0 atom stereocenters. The maximum atomic E-state index is 15.5. The normalized spacial score (nSPS) is 15.0. The van der Waals surface area contributed by atoms with Crippen molar-refractivity contribution in [1.29, 1.82) is 0 Å². The van der Waals surface area contributed by atoms with Crippen molar-refractivity contribution in [2.75, 3.05) is 0 Å². The molecule has 0 aliphatic heterocycles. The van der Waals surface area contributed by atoms with Gasteiger partial charge >= 0.3 is 12.4 Å². The highest BCUT2D eigenvalue weighted by Gasteiger charge is 2.75. The summed E-state index contributed by atoms with van der Waals surface area (Å²) in [6.45, 7) is 3.99. The van der Waals surface area contributed by atoms with Crippen molar-refractivity contribution in [2.45, 2.75) is 37.0 Å². The summed E-state index contributed by atoms with van der Waals surface area (Å²) in [6, 6.07) is 38.7. The molecule has 0 aromatic heterocycles. The second kappa shape index (κ2) is 12.1. The molecule has 0 bridgehead atoms. The predicted molar refractivity (Wildman–Crippen MR) is 214 cm³/mol. The van der Waals surface area contributed by atoms with Crippen molar-refractivity contribution in [3.05, 3.63) is 179 Å². The van der Waals surface area contributed by atoms with Crippen LogP contribution in [-0.4, -0.2) is 12.4 Å². The zero-order valence-electron chi connectivity index (χ0n) is 30.9. The lowest BCUT2D eigenvalue weighted by atomic mass is 9.75. The monoisotopic (exact) mass is 782 g/mol. The average Bonchev–Trinajstić information content (AvgIpc) is 3.62. The zero-order valence-corrected chi connectivity index (χ0v) is 30.9. The van der Waals surface area contributed by atoms with E-state index in [9.17, 15) is 0 Å². The summed E-state index contributed by atoms with van der Waals surface area (Å²) in [5.74, 6) is -1.13. The van der Waals surface area contributed by atoms with E-state index in [1.54, 1.807) is 36.4 Å². The SMILES string of the molecule is CC1(C)c2cc(-c3ccc4c(c3)C(C(F)(F)F)(C(F)(F)F)c3cc(-c5cc6ccccc6cc5F)ccc3-4)ccc2-c2ccc(-c3cc4ccccc4cc3F)cc21.